The van der Waals surface area contributed by atoms with Crippen molar-refractivity contribution in [2.24, 2.45) is 0 Å². The van der Waals surface area contributed by atoms with Crippen LogP contribution in [0.15, 0.2) is 34.0 Å². The molecule has 2 N–H and O–H groups in total. The Hall–Kier alpha value is -2.62. The normalized spacial score (nSPS) is 25.7. The molecule has 2 aromatic rings. The summed E-state index contributed by atoms with van der Waals surface area (Å²) in [5, 5.41) is 19.5. The molecule has 3 heterocycles. The molecule has 0 aliphatic carbocycles. The zero-order valence-corrected chi connectivity index (χ0v) is 16.5. The second-order valence-electron chi connectivity index (χ2n) is 7.94. The van der Waals surface area contributed by atoms with Crippen LogP contribution in [0.5, 0.6) is 11.5 Å². The van der Waals surface area contributed by atoms with Gasteiger partial charge in [-0.05, 0) is 32.9 Å². The minimum atomic E-state index is -0.713. The van der Waals surface area contributed by atoms with Gasteiger partial charge in [0, 0.05) is 29.8 Å². The van der Waals surface area contributed by atoms with E-state index in [1.165, 1.54) is 29.0 Å². The summed E-state index contributed by atoms with van der Waals surface area (Å²) in [5.74, 6) is -1.01. The Labute approximate surface area is 166 Å². The number of hydrogen-bond acceptors (Lipinski definition) is 7. The average molecular weight is 404 g/mol. The van der Waals surface area contributed by atoms with E-state index in [2.05, 4.69) is 0 Å². The van der Waals surface area contributed by atoms with Gasteiger partial charge < -0.3 is 24.4 Å². The third kappa shape index (κ3) is 3.68. The first-order valence-corrected chi connectivity index (χ1v) is 9.45. The highest BCUT2D eigenvalue weighted by Gasteiger charge is 2.45. The van der Waals surface area contributed by atoms with Crippen LogP contribution in [0.1, 0.15) is 37.6 Å². The molecular formula is C20H24N2O7. The van der Waals surface area contributed by atoms with Crippen LogP contribution in [0.25, 0.3) is 0 Å². The number of nitrogens with zero attached hydrogens (tertiary/aromatic N) is 2. The molecule has 9 heteroatoms. The molecule has 0 radical (unpaired) electrons. The molecule has 2 aliphatic heterocycles. The van der Waals surface area contributed by atoms with E-state index >= 15 is 0 Å². The average Bonchev–Trinajstić information content (AvgIpc) is 3.05. The van der Waals surface area contributed by atoms with Crippen LogP contribution in [-0.2, 0) is 20.8 Å². The number of aromatic hydroxyl groups is 2. The van der Waals surface area contributed by atoms with E-state index in [9.17, 15) is 19.8 Å². The summed E-state index contributed by atoms with van der Waals surface area (Å²) in [6.45, 7) is 5.52. The SMILES string of the molecule is Cc1cn(C2CC3OC(C)(C)OCC3O2)c(=O)n(Cc2ccc(O)cc2O)c1=O. The monoisotopic (exact) mass is 404 g/mol. The van der Waals surface area contributed by atoms with Crippen LogP contribution in [-0.4, -0.2) is 43.9 Å². The molecule has 4 rings (SSSR count). The first-order valence-electron chi connectivity index (χ1n) is 9.45. The van der Waals surface area contributed by atoms with Crippen molar-refractivity contribution < 1.29 is 24.4 Å². The highest BCUT2D eigenvalue weighted by Crippen LogP contribution is 2.36. The van der Waals surface area contributed by atoms with Gasteiger partial charge in [0.1, 0.15) is 23.8 Å². The zero-order valence-electron chi connectivity index (χ0n) is 16.5. The van der Waals surface area contributed by atoms with Crippen molar-refractivity contribution >= 4 is 0 Å². The zero-order chi connectivity index (χ0) is 20.9. The Bertz CT molecular complexity index is 1060. The first-order chi connectivity index (χ1) is 13.6. The fourth-order valence-electron chi connectivity index (χ4n) is 3.79. The van der Waals surface area contributed by atoms with Gasteiger partial charge >= 0.3 is 5.69 Å². The molecule has 1 aromatic carbocycles. The summed E-state index contributed by atoms with van der Waals surface area (Å²) in [6, 6.07) is 4.02. The molecule has 3 atom stereocenters. The van der Waals surface area contributed by atoms with Crippen molar-refractivity contribution in [3.05, 3.63) is 56.4 Å². The fraction of sp³-hybridized carbons (Fsp3) is 0.500. The Morgan fingerprint density at radius 3 is 2.69 bits per heavy atom. The van der Waals surface area contributed by atoms with Crippen LogP contribution < -0.4 is 11.2 Å². The van der Waals surface area contributed by atoms with E-state index in [1.54, 1.807) is 6.92 Å². The van der Waals surface area contributed by atoms with Gasteiger partial charge in [-0.3, -0.25) is 13.9 Å². The van der Waals surface area contributed by atoms with Crippen molar-refractivity contribution in [3.63, 3.8) is 0 Å². The molecule has 2 saturated heterocycles. The molecule has 0 bridgehead atoms. The molecule has 29 heavy (non-hydrogen) atoms. The van der Waals surface area contributed by atoms with Crippen molar-refractivity contribution in [1.82, 2.24) is 9.13 Å². The van der Waals surface area contributed by atoms with Gasteiger partial charge in [-0.15, -0.1) is 0 Å². The Kier molecular flexibility index (Phi) is 4.76. The number of phenols is 2. The lowest BCUT2D eigenvalue weighted by atomic mass is 10.1. The van der Waals surface area contributed by atoms with Gasteiger partial charge in [-0.2, -0.15) is 0 Å². The van der Waals surface area contributed by atoms with Gasteiger partial charge in [-0.1, -0.05) is 0 Å². The molecule has 0 saturated carbocycles. The minimum absolute atomic E-state index is 0.104. The third-order valence-corrected chi connectivity index (χ3v) is 5.29. The van der Waals surface area contributed by atoms with E-state index in [1.807, 2.05) is 13.8 Å². The lowest BCUT2D eigenvalue weighted by Gasteiger charge is -2.36. The van der Waals surface area contributed by atoms with Crippen molar-refractivity contribution in [1.29, 1.82) is 0 Å². The number of aryl methyl sites for hydroxylation is 1. The standard InChI is InChI=1S/C20H24N2O7/c1-11-8-21(17-7-15-16(28-17)10-27-20(2,3)29-15)19(26)22(18(11)25)9-12-4-5-13(23)6-14(12)24/h4-6,8,15-17,23-24H,7,9-10H2,1-3H3. The molecular weight excluding hydrogens is 380 g/mol. The van der Waals surface area contributed by atoms with Crippen molar-refractivity contribution in [2.75, 3.05) is 6.61 Å². The molecule has 0 spiro atoms. The number of benzene rings is 1. The number of hydrogen-bond donors (Lipinski definition) is 2. The summed E-state index contributed by atoms with van der Waals surface area (Å²) in [5.41, 5.74) is -0.274. The summed E-state index contributed by atoms with van der Waals surface area (Å²) in [7, 11) is 0. The van der Waals surface area contributed by atoms with E-state index in [4.69, 9.17) is 14.2 Å². The highest BCUT2D eigenvalue weighted by atomic mass is 16.7. The molecule has 1 aromatic heterocycles. The van der Waals surface area contributed by atoms with Crippen molar-refractivity contribution in [2.45, 2.75) is 58.0 Å². The molecule has 3 unspecified atom stereocenters. The first kappa shape index (κ1) is 19.7. The predicted octanol–water partition coefficient (Wildman–Crippen LogP) is 1.22. The van der Waals surface area contributed by atoms with Crippen LogP contribution in [0.2, 0.25) is 0 Å². The second-order valence-corrected chi connectivity index (χ2v) is 7.94. The topological polar surface area (TPSA) is 112 Å². The number of fused-ring (bicyclic) bond motifs is 1. The summed E-state index contributed by atoms with van der Waals surface area (Å²) < 4.78 is 20.0. The van der Waals surface area contributed by atoms with E-state index < -0.39 is 23.3 Å². The lowest BCUT2D eigenvalue weighted by molar-refractivity contribution is -0.293. The van der Waals surface area contributed by atoms with Gasteiger partial charge in [0.25, 0.3) is 5.56 Å². The van der Waals surface area contributed by atoms with Crippen LogP contribution in [0.4, 0.5) is 0 Å². The van der Waals surface area contributed by atoms with Crippen LogP contribution in [0.3, 0.4) is 0 Å². The maximum atomic E-state index is 13.1. The number of phenolic OH excluding ortho intramolecular Hbond substituents is 2. The summed E-state index contributed by atoms with van der Waals surface area (Å²) >= 11 is 0. The van der Waals surface area contributed by atoms with E-state index in [-0.39, 0.29) is 30.3 Å². The maximum absolute atomic E-state index is 13.1. The maximum Gasteiger partial charge on any atom is 0.333 e. The smallest absolute Gasteiger partial charge is 0.333 e. The second kappa shape index (κ2) is 7.01. The molecule has 0 amide bonds. The van der Waals surface area contributed by atoms with Crippen LogP contribution >= 0.6 is 0 Å². The molecule has 2 fully saturated rings. The summed E-state index contributed by atoms with van der Waals surface area (Å²) in [4.78, 5) is 25.7. The quantitative estimate of drug-likeness (QED) is 0.791. The third-order valence-electron chi connectivity index (χ3n) is 5.29. The highest BCUT2D eigenvalue weighted by molar-refractivity contribution is 5.39. The van der Waals surface area contributed by atoms with Gasteiger partial charge in [-0.25, -0.2) is 4.79 Å². The largest absolute Gasteiger partial charge is 0.508 e. The Balaban J connectivity index is 1.68. The molecule has 9 nitrogen and oxygen atoms in total. The molecule has 156 valence electrons. The van der Waals surface area contributed by atoms with E-state index in [0.29, 0.717) is 24.2 Å². The lowest BCUT2D eigenvalue weighted by Crippen LogP contribution is -2.46. The fourth-order valence-corrected chi connectivity index (χ4v) is 3.79. The van der Waals surface area contributed by atoms with Gasteiger partial charge in [0.15, 0.2) is 5.79 Å². The number of aromatic nitrogens is 2. The molecule has 2 aliphatic rings. The van der Waals surface area contributed by atoms with Crippen LogP contribution in [0, 0.1) is 6.92 Å². The van der Waals surface area contributed by atoms with Gasteiger partial charge in [0.05, 0.1) is 19.3 Å². The number of rotatable bonds is 3. The summed E-state index contributed by atoms with van der Waals surface area (Å²) in [6.07, 6.45) is 0.860. The van der Waals surface area contributed by atoms with Gasteiger partial charge in [0.2, 0.25) is 0 Å². The van der Waals surface area contributed by atoms with Crippen molar-refractivity contribution in [3.8, 4) is 11.5 Å². The number of ether oxygens (including phenoxy) is 3. The Morgan fingerprint density at radius 2 is 1.97 bits per heavy atom. The minimum Gasteiger partial charge on any atom is -0.508 e. The Morgan fingerprint density at radius 1 is 1.21 bits per heavy atom. The van der Waals surface area contributed by atoms with E-state index in [0.717, 1.165) is 4.57 Å². The predicted molar refractivity (Wildman–Crippen MR) is 102 cm³/mol.